The molecule has 0 spiro atoms. The van der Waals surface area contributed by atoms with Crippen molar-refractivity contribution in [2.24, 2.45) is 0 Å². The highest BCUT2D eigenvalue weighted by Crippen LogP contribution is 2.24. The third-order valence-corrected chi connectivity index (χ3v) is 4.66. The van der Waals surface area contributed by atoms with Gasteiger partial charge in [0.15, 0.2) is 0 Å². The number of aliphatic hydroxyl groups is 1. The summed E-state index contributed by atoms with van der Waals surface area (Å²) in [6.07, 6.45) is 0. The fourth-order valence-electron chi connectivity index (χ4n) is 1.78. The zero-order chi connectivity index (χ0) is 15.6. The van der Waals surface area contributed by atoms with Crippen molar-refractivity contribution in [2.45, 2.75) is 18.4 Å². The van der Waals surface area contributed by atoms with E-state index in [1.807, 2.05) is 0 Å². The first kappa shape index (κ1) is 15.8. The number of nitrogens with one attached hydrogen (secondary N) is 1. The van der Waals surface area contributed by atoms with Crippen molar-refractivity contribution >= 4 is 27.3 Å². The van der Waals surface area contributed by atoms with Crippen molar-refractivity contribution < 1.29 is 17.9 Å². The summed E-state index contributed by atoms with van der Waals surface area (Å²) >= 11 is 5.83. The Morgan fingerprint density at radius 3 is 2.57 bits per heavy atom. The molecule has 0 bridgehead atoms. The summed E-state index contributed by atoms with van der Waals surface area (Å²) in [6.45, 7) is 1.24. The van der Waals surface area contributed by atoms with Crippen molar-refractivity contribution in [1.82, 2.24) is 0 Å². The Bertz CT molecular complexity index is 778. The molecule has 0 aliphatic heterocycles. The Labute approximate surface area is 127 Å². The van der Waals surface area contributed by atoms with E-state index in [-0.39, 0.29) is 22.2 Å². The summed E-state index contributed by atoms with van der Waals surface area (Å²) in [5.41, 5.74) is 1.07. The van der Waals surface area contributed by atoms with Crippen molar-refractivity contribution in [3.63, 3.8) is 0 Å². The average Bonchev–Trinajstić information content (AvgIpc) is 2.42. The summed E-state index contributed by atoms with van der Waals surface area (Å²) in [5, 5.41) is 9.42. The van der Waals surface area contributed by atoms with Crippen LogP contribution in [0, 0.1) is 12.7 Å². The van der Waals surface area contributed by atoms with Gasteiger partial charge in [0.2, 0.25) is 0 Å². The molecule has 0 saturated heterocycles. The Morgan fingerprint density at radius 1 is 1.24 bits per heavy atom. The lowest BCUT2D eigenvalue weighted by molar-refractivity contribution is 0.281. The molecular formula is C14H13ClFNO3S. The smallest absolute Gasteiger partial charge is 0.261 e. The van der Waals surface area contributed by atoms with Crippen LogP contribution >= 0.6 is 11.6 Å². The molecule has 0 atom stereocenters. The summed E-state index contributed by atoms with van der Waals surface area (Å²) in [4.78, 5) is -0.0281. The van der Waals surface area contributed by atoms with Gasteiger partial charge in [0.1, 0.15) is 5.82 Å². The topological polar surface area (TPSA) is 66.4 Å². The summed E-state index contributed by atoms with van der Waals surface area (Å²) in [5.74, 6) is -0.440. The first-order chi connectivity index (χ1) is 9.83. The van der Waals surface area contributed by atoms with E-state index in [0.717, 1.165) is 0 Å². The van der Waals surface area contributed by atoms with E-state index < -0.39 is 15.8 Å². The molecule has 0 fully saturated rings. The Balaban J connectivity index is 2.38. The number of benzene rings is 2. The number of sulfonamides is 1. The van der Waals surface area contributed by atoms with Crippen molar-refractivity contribution in [3.05, 3.63) is 58.4 Å². The number of rotatable bonds is 4. The minimum atomic E-state index is -3.84. The van der Waals surface area contributed by atoms with Crippen LogP contribution in [0.15, 0.2) is 41.3 Å². The van der Waals surface area contributed by atoms with Gasteiger partial charge in [0, 0.05) is 5.02 Å². The molecule has 2 N–H and O–H groups in total. The monoisotopic (exact) mass is 329 g/mol. The van der Waals surface area contributed by atoms with Gasteiger partial charge < -0.3 is 5.11 Å². The molecule has 2 aromatic carbocycles. The molecule has 112 valence electrons. The van der Waals surface area contributed by atoms with E-state index in [4.69, 9.17) is 16.7 Å². The Morgan fingerprint density at radius 2 is 1.95 bits per heavy atom. The molecule has 0 radical (unpaired) electrons. The van der Waals surface area contributed by atoms with Gasteiger partial charge in [-0.2, -0.15) is 0 Å². The van der Waals surface area contributed by atoms with Crippen molar-refractivity contribution in [1.29, 1.82) is 0 Å². The highest BCUT2D eigenvalue weighted by atomic mass is 35.5. The van der Waals surface area contributed by atoms with Crippen LogP contribution in [0.4, 0.5) is 10.1 Å². The first-order valence-corrected chi connectivity index (χ1v) is 7.88. The van der Waals surface area contributed by atoms with E-state index in [0.29, 0.717) is 11.1 Å². The van der Waals surface area contributed by atoms with Gasteiger partial charge in [-0.25, -0.2) is 12.8 Å². The minimum absolute atomic E-state index is 0.0281. The normalized spacial score (nSPS) is 11.4. The number of halogens is 2. The maximum Gasteiger partial charge on any atom is 0.261 e. The molecule has 2 aromatic rings. The number of anilines is 1. The number of hydrogen-bond donors (Lipinski definition) is 2. The van der Waals surface area contributed by atoms with Gasteiger partial charge in [-0.3, -0.25) is 4.72 Å². The molecule has 0 saturated carbocycles. The number of aliphatic hydroxyl groups excluding tert-OH is 1. The molecule has 2 rings (SSSR count). The first-order valence-electron chi connectivity index (χ1n) is 6.02. The lowest BCUT2D eigenvalue weighted by Gasteiger charge is -2.11. The zero-order valence-electron chi connectivity index (χ0n) is 11.1. The van der Waals surface area contributed by atoms with E-state index in [9.17, 15) is 12.8 Å². The van der Waals surface area contributed by atoms with Crippen LogP contribution in [-0.4, -0.2) is 13.5 Å². The second-order valence-electron chi connectivity index (χ2n) is 4.48. The van der Waals surface area contributed by atoms with Crippen LogP contribution < -0.4 is 4.72 Å². The standard InChI is InChI=1S/C14H13ClFNO3S/c1-9-6-11(16)2-5-14(9)17-21(19,20)12-3-4-13(15)10(7-12)8-18/h2-7,17-18H,8H2,1H3. The lowest BCUT2D eigenvalue weighted by atomic mass is 10.2. The molecule has 0 heterocycles. The fourth-order valence-corrected chi connectivity index (χ4v) is 3.14. The minimum Gasteiger partial charge on any atom is -0.392 e. The second-order valence-corrected chi connectivity index (χ2v) is 6.57. The predicted molar refractivity (Wildman–Crippen MR) is 79.3 cm³/mol. The SMILES string of the molecule is Cc1cc(F)ccc1NS(=O)(=O)c1ccc(Cl)c(CO)c1. The maximum atomic E-state index is 13.0. The molecule has 0 amide bonds. The van der Waals surface area contributed by atoms with E-state index in [1.165, 1.54) is 36.4 Å². The summed E-state index contributed by atoms with van der Waals surface area (Å²) < 4.78 is 40.0. The van der Waals surface area contributed by atoms with Crippen LogP contribution in [0.25, 0.3) is 0 Å². The van der Waals surface area contributed by atoms with Crippen LogP contribution in [0.2, 0.25) is 5.02 Å². The van der Waals surface area contributed by atoms with Gasteiger partial charge in [0.25, 0.3) is 10.0 Å². The summed E-state index contributed by atoms with van der Waals surface area (Å²) in [7, 11) is -3.84. The molecule has 21 heavy (non-hydrogen) atoms. The maximum absolute atomic E-state index is 13.0. The van der Waals surface area contributed by atoms with Gasteiger partial charge in [-0.05, 0) is 54.4 Å². The second kappa shape index (κ2) is 6.01. The average molecular weight is 330 g/mol. The summed E-state index contributed by atoms with van der Waals surface area (Å²) in [6, 6.07) is 7.79. The number of hydrogen-bond acceptors (Lipinski definition) is 3. The quantitative estimate of drug-likeness (QED) is 0.906. The van der Waals surface area contributed by atoms with E-state index >= 15 is 0 Å². The Hall–Kier alpha value is -1.63. The molecule has 7 heteroatoms. The molecular weight excluding hydrogens is 317 g/mol. The van der Waals surface area contributed by atoms with Crippen LogP contribution in [0.5, 0.6) is 0 Å². The molecule has 0 aliphatic carbocycles. The van der Waals surface area contributed by atoms with E-state index in [2.05, 4.69) is 4.72 Å². The van der Waals surface area contributed by atoms with Crippen molar-refractivity contribution in [3.8, 4) is 0 Å². The highest BCUT2D eigenvalue weighted by Gasteiger charge is 2.17. The molecule has 0 aliphatic rings. The van der Waals surface area contributed by atoms with Crippen LogP contribution in [0.3, 0.4) is 0 Å². The van der Waals surface area contributed by atoms with Crippen LogP contribution in [-0.2, 0) is 16.6 Å². The largest absolute Gasteiger partial charge is 0.392 e. The van der Waals surface area contributed by atoms with E-state index in [1.54, 1.807) is 6.92 Å². The van der Waals surface area contributed by atoms with Gasteiger partial charge in [-0.15, -0.1) is 0 Å². The lowest BCUT2D eigenvalue weighted by Crippen LogP contribution is -2.14. The van der Waals surface area contributed by atoms with Gasteiger partial charge >= 0.3 is 0 Å². The van der Waals surface area contributed by atoms with Gasteiger partial charge in [-0.1, -0.05) is 11.6 Å². The van der Waals surface area contributed by atoms with Crippen molar-refractivity contribution in [2.75, 3.05) is 4.72 Å². The number of aryl methyl sites for hydroxylation is 1. The molecule has 4 nitrogen and oxygen atoms in total. The third-order valence-electron chi connectivity index (χ3n) is 2.93. The zero-order valence-corrected chi connectivity index (χ0v) is 12.7. The fraction of sp³-hybridized carbons (Fsp3) is 0.143. The molecule has 0 unspecified atom stereocenters. The third kappa shape index (κ3) is 3.53. The van der Waals surface area contributed by atoms with Crippen LogP contribution in [0.1, 0.15) is 11.1 Å². The Kier molecular flexibility index (Phi) is 4.51. The molecule has 0 aromatic heterocycles. The van der Waals surface area contributed by atoms with Gasteiger partial charge in [0.05, 0.1) is 17.2 Å². The predicted octanol–water partition coefficient (Wildman–Crippen LogP) is 3.08. The highest BCUT2D eigenvalue weighted by molar-refractivity contribution is 7.92.